The molecule has 1 heterocycles. The third-order valence-corrected chi connectivity index (χ3v) is 5.58. The number of carbonyl (C=O) groups is 2. The minimum Gasteiger partial charge on any atom is -0.507 e. The number of likely N-dealkylation sites (N-methyl/N-ethyl adjacent to an activating group) is 1. The Hall–Kier alpha value is -3.03. The largest absolute Gasteiger partial charge is 0.507 e. The van der Waals surface area contributed by atoms with E-state index in [0.29, 0.717) is 54.0 Å². The lowest BCUT2D eigenvalue weighted by Crippen LogP contribution is -2.35. The summed E-state index contributed by atoms with van der Waals surface area (Å²) in [4.78, 5) is 29.6. The molecule has 1 aliphatic rings. The van der Waals surface area contributed by atoms with Gasteiger partial charge >= 0.3 is 0 Å². The molecular formula is C25H29ClN2O5. The van der Waals surface area contributed by atoms with Gasteiger partial charge in [0.1, 0.15) is 17.3 Å². The van der Waals surface area contributed by atoms with Crippen LogP contribution in [0.25, 0.3) is 5.76 Å². The van der Waals surface area contributed by atoms with Crippen molar-refractivity contribution >= 4 is 29.1 Å². The van der Waals surface area contributed by atoms with Crippen LogP contribution in [0.4, 0.5) is 0 Å². The van der Waals surface area contributed by atoms with Crippen molar-refractivity contribution in [3.8, 4) is 11.5 Å². The SMILES string of the molecule is CCOc1ccc(/C(O)=C2/C(=O)C(=O)N(CCN(C)C)C2c2ccc(Cl)cc2)c(OCC)c1. The molecule has 2 aromatic carbocycles. The predicted octanol–water partition coefficient (Wildman–Crippen LogP) is 4.12. The van der Waals surface area contributed by atoms with E-state index in [4.69, 9.17) is 21.1 Å². The fourth-order valence-corrected chi connectivity index (χ4v) is 3.91. The van der Waals surface area contributed by atoms with E-state index in [2.05, 4.69) is 0 Å². The molecule has 0 bridgehead atoms. The van der Waals surface area contributed by atoms with Gasteiger partial charge < -0.3 is 24.4 Å². The lowest BCUT2D eigenvalue weighted by atomic mass is 9.95. The number of aliphatic hydroxyl groups is 1. The highest BCUT2D eigenvalue weighted by molar-refractivity contribution is 6.46. The van der Waals surface area contributed by atoms with Crippen molar-refractivity contribution in [3.05, 3.63) is 64.2 Å². The highest BCUT2D eigenvalue weighted by atomic mass is 35.5. The van der Waals surface area contributed by atoms with Gasteiger partial charge in [-0.15, -0.1) is 0 Å². The number of ketones is 1. The Morgan fingerprint density at radius 2 is 1.73 bits per heavy atom. The molecule has 1 N–H and O–H groups in total. The summed E-state index contributed by atoms with van der Waals surface area (Å²) in [7, 11) is 3.78. The minimum atomic E-state index is -0.747. The van der Waals surface area contributed by atoms with E-state index in [-0.39, 0.29) is 11.3 Å². The van der Waals surface area contributed by atoms with Crippen LogP contribution in [-0.2, 0) is 9.59 Å². The van der Waals surface area contributed by atoms with Gasteiger partial charge in [0.2, 0.25) is 0 Å². The van der Waals surface area contributed by atoms with E-state index < -0.39 is 17.7 Å². The van der Waals surface area contributed by atoms with Crippen LogP contribution in [0.5, 0.6) is 11.5 Å². The van der Waals surface area contributed by atoms with E-state index in [1.807, 2.05) is 32.8 Å². The van der Waals surface area contributed by atoms with E-state index >= 15 is 0 Å². The molecule has 0 spiro atoms. The highest BCUT2D eigenvalue weighted by Crippen LogP contribution is 2.41. The average molecular weight is 473 g/mol. The molecule has 2 aromatic rings. The quantitative estimate of drug-likeness (QED) is 0.336. The Kier molecular flexibility index (Phi) is 8.00. The van der Waals surface area contributed by atoms with Gasteiger partial charge in [-0.3, -0.25) is 9.59 Å². The van der Waals surface area contributed by atoms with E-state index in [9.17, 15) is 14.7 Å². The van der Waals surface area contributed by atoms with E-state index in [1.165, 1.54) is 4.90 Å². The van der Waals surface area contributed by atoms with Crippen LogP contribution in [0.1, 0.15) is 31.0 Å². The van der Waals surface area contributed by atoms with Gasteiger partial charge in [-0.05, 0) is 57.8 Å². The monoisotopic (exact) mass is 472 g/mol. The molecule has 7 nitrogen and oxygen atoms in total. The van der Waals surface area contributed by atoms with Gasteiger partial charge in [0.15, 0.2) is 0 Å². The number of hydrogen-bond donors (Lipinski definition) is 1. The fraction of sp³-hybridized carbons (Fsp3) is 0.360. The van der Waals surface area contributed by atoms with Crippen molar-refractivity contribution in [1.29, 1.82) is 0 Å². The van der Waals surface area contributed by atoms with Crippen molar-refractivity contribution in [1.82, 2.24) is 9.80 Å². The van der Waals surface area contributed by atoms with Crippen LogP contribution in [0.15, 0.2) is 48.0 Å². The Morgan fingerprint density at radius 1 is 1.06 bits per heavy atom. The number of nitrogens with zero attached hydrogens (tertiary/aromatic N) is 2. The first-order chi connectivity index (χ1) is 15.8. The molecular weight excluding hydrogens is 444 g/mol. The van der Waals surface area contributed by atoms with Crippen molar-refractivity contribution in [2.75, 3.05) is 40.4 Å². The maximum Gasteiger partial charge on any atom is 0.295 e. The molecule has 176 valence electrons. The van der Waals surface area contributed by atoms with E-state index in [0.717, 1.165) is 0 Å². The van der Waals surface area contributed by atoms with Gasteiger partial charge in [-0.2, -0.15) is 0 Å². The average Bonchev–Trinajstić information content (AvgIpc) is 3.03. The molecule has 1 atom stereocenters. The molecule has 1 aliphatic heterocycles. The predicted molar refractivity (Wildman–Crippen MR) is 128 cm³/mol. The number of likely N-dealkylation sites (tertiary alicyclic amines) is 1. The zero-order valence-electron chi connectivity index (χ0n) is 19.3. The summed E-state index contributed by atoms with van der Waals surface area (Å²) in [6, 6.07) is 11.2. The summed E-state index contributed by atoms with van der Waals surface area (Å²) in [5, 5.41) is 11.9. The van der Waals surface area contributed by atoms with Crippen molar-refractivity contribution < 1.29 is 24.2 Å². The molecule has 0 aliphatic carbocycles. The maximum absolute atomic E-state index is 13.2. The first-order valence-electron chi connectivity index (χ1n) is 10.9. The number of Topliss-reactive ketones (excluding diaryl/α,β-unsaturated/α-hetero) is 1. The van der Waals surface area contributed by atoms with Gasteiger partial charge in [0.05, 0.1) is 30.4 Å². The van der Waals surface area contributed by atoms with Crippen molar-refractivity contribution in [2.45, 2.75) is 19.9 Å². The zero-order valence-corrected chi connectivity index (χ0v) is 20.1. The first-order valence-corrected chi connectivity index (χ1v) is 11.2. The summed E-state index contributed by atoms with van der Waals surface area (Å²) in [6.07, 6.45) is 0. The van der Waals surface area contributed by atoms with Crippen LogP contribution >= 0.6 is 11.6 Å². The normalized spacial score (nSPS) is 17.6. The number of amides is 1. The zero-order chi connectivity index (χ0) is 24.1. The van der Waals surface area contributed by atoms with Crippen LogP contribution in [0.3, 0.4) is 0 Å². The lowest BCUT2D eigenvalue weighted by Gasteiger charge is -2.26. The first kappa shape index (κ1) is 24.6. The minimum absolute atomic E-state index is 0.0196. The van der Waals surface area contributed by atoms with Gasteiger partial charge in [0.25, 0.3) is 11.7 Å². The molecule has 0 radical (unpaired) electrons. The molecule has 1 amide bonds. The smallest absolute Gasteiger partial charge is 0.295 e. The lowest BCUT2D eigenvalue weighted by molar-refractivity contribution is -0.140. The van der Waals surface area contributed by atoms with Gasteiger partial charge in [-0.1, -0.05) is 23.7 Å². The fourth-order valence-electron chi connectivity index (χ4n) is 3.78. The number of hydrogen-bond acceptors (Lipinski definition) is 6. The molecule has 8 heteroatoms. The summed E-state index contributed by atoms with van der Waals surface area (Å²) >= 11 is 6.06. The molecule has 0 aromatic heterocycles. The molecule has 1 unspecified atom stereocenters. The third kappa shape index (κ3) is 5.31. The number of ether oxygens (including phenoxy) is 2. The van der Waals surface area contributed by atoms with Crippen LogP contribution in [-0.4, -0.2) is 67.0 Å². The second kappa shape index (κ2) is 10.7. The summed E-state index contributed by atoms with van der Waals surface area (Å²) in [5.41, 5.74) is 1.03. The van der Waals surface area contributed by atoms with Gasteiger partial charge in [-0.25, -0.2) is 0 Å². The molecule has 3 rings (SSSR count). The van der Waals surface area contributed by atoms with Crippen LogP contribution in [0.2, 0.25) is 5.02 Å². The number of aliphatic hydroxyl groups excluding tert-OH is 1. The Balaban J connectivity index is 2.17. The molecule has 1 fully saturated rings. The third-order valence-electron chi connectivity index (χ3n) is 5.33. The highest BCUT2D eigenvalue weighted by Gasteiger charge is 2.46. The Bertz CT molecular complexity index is 1050. The molecule has 1 saturated heterocycles. The number of rotatable bonds is 9. The topological polar surface area (TPSA) is 79.3 Å². The summed E-state index contributed by atoms with van der Waals surface area (Å²) in [5.74, 6) is -0.717. The van der Waals surface area contributed by atoms with Crippen LogP contribution < -0.4 is 9.47 Å². The number of benzene rings is 2. The van der Waals surface area contributed by atoms with E-state index in [1.54, 1.807) is 42.5 Å². The second-order valence-corrected chi connectivity index (χ2v) is 8.31. The van der Waals surface area contributed by atoms with Gasteiger partial charge in [0, 0.05) is 24.2 Å². The Labute approximate surface area is 199 Å². The molecule has 0 saturated carbocycles. The summed E-state index contributed by atoms with van der Waals surface area (Å²) < 4.78 is 11.3. The standard InChI is InChI=1S/C25H29ClN2O5/c1-5-32-18-11-12-19(20(15-18)33-6-2)23(29)21-22(16-7-9-17(26)10-8-16)28(14-13-27(3)4)25(31)24(21)30/h7-12,15,22,29H,5-6,13-14H2,1-4H3/b23-21-. The number of halogens is 1. The molecule has 33 heavy (non-hydrogen) atoms. The second-order valence-electron chi connectivity index (χ2n) is 7.87. The summed E-state index contributed by atoms with van der Waals surface area (Å²) in [6.45, 7) is 5.41. The van der Waals surface area contributed by atoms with Crippen molar-refractivity contribution in [2.24, 2.45) is 0 Å². The number of carbonyl (C=O) groups excluding carboxylic acids is 2. The maximum atomic E-state index is 13.2. The van der Waals surface area contributed by atoms with Crippen LogP contribution in [0, 0.1) is 0 Å². The Morgan fingerprint density at radius 3 is 2.33 bits per heavy atom. The van der Waals surface area contributed by atoms with Crippen molar-refractivity contribution in [3.63, 3.8) is 0 Å².